The van der Waals surface area contributed by atoms with Gasteiger partial charge in [0.05, 0.1) is 25.0 Å². The Hall–Kier alpha value is -1.37. The second-order valence-corrected chi connectivity index (χ2v) is 5.44. The molecule has 0 aliphatic rings. The molecule has 104 valence electrons. The van der Waals surface area contributed by atoms with Crippen molar-refractivity contribution in [3.8, 4) is 5.75 Å². The molecule has 0 aliphatic heterocycles. The predicted molar refractivity (Wildman–Crippen MR) is 77.1 cm³/mol. The molecule has 2 aromatic heterocycles. The van der Waals surface area contributed by atoms with Crippen LogP contribution in [0.4, 0.5) is 0 Å². The first-order valence-electron chi connectivity index (χ1n) is 6.30. The summed E-state index contributed by atoms with van der Waals surface area (Å²) in [4.78, 5) is 1.41. The minimum Gasteiger partial charge on any atom is -0.493 e. The van der Waals surface area contributed by atoms with E-state index in [1.54, 1.807) is 24.6 Å². The molecule has 3 N–H and O–H groups in total. The molecule has 19 heavy (non-hydrogen) atoms. The van der Waals surface area contributed by atoms with Crippen LogP contribution >= 0.6 is 11.3 Å². The van der Waals surface area contributed by atoms with Gasteiger partial charge in [-0.1, -0.05) is 6.07 Å². The van der Waals surface area contributed by atoms with E-state index in [-0.39, 0.29) is 6.04 Å². The molecule has 0 fully saturated rings. The van der Waals surface area contributed by atoms with E-state index >= 15 is 0 Å². The second-order valence-electron chi connectivity index (χ2n) is 4.41. The van der Waals surface area contributed by atoms with Gasteiger partial charge in [0.25, 0.3) is 0 Å². The highest BCUT2D eigenvalue weighted by molar-refractivity contribution is 7.09. The summed E-state index contributed by atoms with van der Waals surface area (Å²) in [6.45, 7) is 0. The molecule has 2 heterocycles. The molecule has 0 radical (unpaired) electrons. The molecule has 0 amide bonds. The maximum absolute atomic E-state index is 5.67. The molecule has 0 spiro atoms. The Morgan fingerprint density at radius 1 is 1.58 bits per heavy atom. The van der Waals surface area contributed by atoms with Gasteiger partial charge in [-0.3, -0.25) is 16.0 Å². The minimum atomic E-state index is 0.0578. The molecule has 2 rings (SSSR count). The van der Waals surface area contributed by atoms with E-state index in [0.717, 1.165) is 30.7 Å². The summed E-state index contributed by atoms with van der Waals surface area (Å²) in [5.74, 6) is 6.45. The van der Waals surface area contributed by atoms with E-state index in [1.807, 2.05) is 11.7 Å². The number of hydrogen-bond donors (Lipinski definition) is 2. The van der Waals surface area contributed by atoms with Crippen LogP contribution in [0.25, 0.3) is 0 Å². The SMILES string of the molecule is COc1cnn(C)c1C(CCCc1cccs1)NN. The molecule has 0 saturated heterocycles. The van der Waals surface area contributed by atoms with E-state index in [1.165, 1.54) is 4.88 Å². The number of rotatable bonds is 7. The Kier molecular flexibility index (Phi) is 4.95. The van der Waals surface area contributed by atoms with Crippen LogP contribution in [0.3, 0.4) is 0 Å². The number of aryl methyl sites for hydroxylation is 2. The average molecular weight is 280 g/mol. The Labute approximate surface area is 117 Å². The van der Waals surface area contributed by atoms with Crippen LogP contribution in [-0.2, 0) is 13.5 Å². The number of aromatic nitrogens is 2. The Bertz CT molecular complexity index is 495. The first-order chi connectivity index (χ1) is 9.26. The number of thiophene rings is 1. The second kappa shape index (κ2) is 6.70. The third-order valence-corrected chi connectivity index (χ3v) is 4.13. The van der Waals surface area contributed by atoms with Crippen molar-refractivity contribution in [2.24, 2.45) is 12.9 Å². The first kappa shape index (κ1) is 14.0. The number of methoxy groups -OCH3 is 1. The number of nitrogens with zero attached hydrogens (tertiary/aromatic N) is 2. The molecular weight excluding hydrogens is 260 g/mol. The predicted octanol–water partition coefficient (Wildman–Crippen LogP) is 2.02. The molecule has 0 saturated carbocycles. The van der Waals surface area contributed by atoms with Crippen LogP contribution in [-0.4, -0.2) is 16.9 Å². The summed E-state index contributed by atoms with van der Waals surface area (Å²) < 4.78 is 7.14. The third kappa shape index (κ3) is 3.34. The van der Waals surface area contributed by atoms with Gasteiger partial charge >= 0.3 is 0 Å². The van der Waals surface area contributed by atoms with Gasteiger partial charge in [-0.25, -0.2) is 0 Å². The van der Waals surface area contributed by atoms with E-state index in [9.17, 15) is 0 Å². The van der Waals surface area contributed by atoms with Crippen LogP contribution in [0, 0.1) is 0 Å². The summed E-state index contributed by atoms with van der Waals surface area (Å²) in [6.07, 6.45) is 4.82. The maximum Gasteiger partial charge on any atom is 0.161 e. The fourth-order valence-corrected chi connectivity index (χ4v) is 2.97. The van der Waals surface area contributed by atoms with Crippen molar-refractivity contribution in [1.82, 2.24) is 15.2 Å². The van der Waals surface area contributed by atoms with Gasteiger partial charge < -0.3 is 4.74 Å². The standard InChI is InChI=1S/C13H20N4OS/c1-17-13(12(18-2)9-15-17)11(16-14)7-3-5-10-6-4-8-19-10/h4,6,8-9,11,16H,3,5,7,14H2,1-2H3. The van der Waals surface area contributed by atoms with Crippen LogP contribution in [0.2, 0.25) is 0 Å². The zero-order valence-electron chi connectivity index (χ0n) is 11.3. The summed E-state index contributed by atoms with van der Waals surface area (Å²) in [6, 6.07) is 4.31. The topological polar surface area (TPSA) is 65.1 Å². The molecule has 5 nitrogen and oxygen atoms in total. The summed E-state index contributed by atoms with van der Waals surface area (Å²) >= 11 is 1.80. The lowest BCUT2D eigenvalue weighted by Crippen LogP contribution is -2.30. The molecular formula is C13H20N4OS. The quantitative estimate of drug-likeness (QED) is 0.601. The van der Waals surface area contributed by atoms with Crippen LogP contribution < -0.4 is 16.0 Å². The fourth-order valence-electron chi connectivity index (χ4n) is 2.22. The van der Waals surface area contributed by atoms with Crippen molar-refractivity contribution in [3.63, 3.8) is 0 Å². The van der Waals surface area contributed by atoms with Gasteiger partial charge in [-0.15, -0.1) is 11.3 Å². The molecule has 6 heteroatoms. The van der Waals surface area contributed by atoms with Crippen molar-refractivity contribution in [1.29, 1.82) is 0 Å². The number of hydrazine groups is 1. The summed E-state index contributed by atoms with van der Waals surface area (Å²) in [7, 11) is 3.56. The summed E-state index contributed by atoms with van der Waals surface area (Å²) in [5.41, 5.74) is 3.86. The van der Waals surface area contributed by atoms with Crippen molar-refractivity contribution < 1.29 is 4.74 Å². The third-order valence-electron chi connectivity index (χ3n) is 3.20. The van der Waals surface area contributed by atoms with Crippen molar-refractivity contribution in [3.05, 3.63) is 34.3 Å². The molecule has 1 unspecified atom stereocenters. The number of hydrogen-bond acceptors (Lipinski definition) is 5. The highest BCUT2D eigenvalue weighted by Gasteiger charge is 2.19. The van der Waals surface area contributed by atoms with Gasteiger partial charge in [0.2, 0.25) is 0 Å². The van der Waals surface area contributed by atoms with E-state index in [0.29, 0.717) is 0 Å². The lowest BCUT2D eigenvalue weighted by atomic mass is 10.1. The zero-order chi connectivity index (χ0) is 13.7. The summed E-state index contributed by atoms with van der Waals surface area (Å²) in [5, 5.41) is 6.32. The fraction of sp³-hybridized carbons (Fsp3) is 0.462. The van der Waals surface area contributed by atoms with Crippen LogP contribution in [0.1, 0.15) is 29.5 Å². The lowest BCUT2D eigenvalue weighted by molar-refractivity contribution is 0.387. The highest BCUT2D eigenvalue weighted by Crippen LogP contribution is 2.27. The van der Waals surface area contributed by atoms with Crippen molar-refractivity contribution in [2.75, 3.05) is 7.11 Å². The van der Waals surface area contributed by atoms with Crippen LogP contribution in [0.15, 0.2) is 23.7 Å². The Morgan fingerprint density at radius 2 is 2.42 bits per heavy atom. The monoisotopic (exact) mass is 280 g/mol. The molecule has 0 bridgehead atoms. The highest BCUT2D eigenvalue weighted by atomic mass is 32.1. The van der Waals surface area contributed by atoms with Crippen molar-refractivity contribution >= 4 is 11.3 Å². The van der Waals surface area contributed by atoms with Crippen molar-refractivity contribution in [2.45, 2.75) is 25.3 Å². The largest absolute Gasteiger partial charge is 0.493 e. The molecule has 2 aromatic rings. The van der Waals surface area contributed by atoms with E-state index in [2.05, 4.69) is 28.0 Å². The smallest absolute Gasteiger partial charge is 0.161 e. The molecule has 0 aliphatic carbocycles. The maximum atomic E-state index is 5.67. The van der Waals surface area contributed by atoms with Crippen LogP contribution in [0.5, 0.6) is 5.75 Å². The van der Waals surface area contributed by atoms with E-state index in [4.69, 9.17) is 10.6 Å². The number of nitrogens with two attached hydrogens (primary N) is 1. The zero-order valence-corrected chi connectivity index (χ0v) is 12.1. The average Bonchev–Trinajstić information content (AvgIpc) is 3.05. The van der Waals surface area contributed by atoms with Gasteiger partial charge in [0.1, 0.15) is 0 Å². The van der Waals surface area contributed by atoms with Gasteiger partial charge in [-0.05, 0) is 30.7 Å². The lowest BCUT2D eigenvalue weighted by Gasteiger charge is -2.17. The number of nitrogens with one attached hydrogen (secondary N) is 1. The van der Waals surface area contributed by atoms with Gasteiger partial charge in [0, 0.05) is 11.9 Å². The van der Waals surface area contributed by atoms with Gasteiger partial charge in [-0.2, -0.15) is 5.10 Å². The Morgan fingerprint density at radius 3 is 3.05 bits per heavy atom. The first-order valence-corrected chi connectivity index (χ1v) is 7.18. The molecule has 0 aromatic carbocycles. The number of ether oxygens (including phenoxy) is 1. The normalized spacial score (nSPS) is 12.6. The van der Waals surface area contributed by atoms with Gasteiger partial charge in [0.15, 0.2) is 5.75 Å². The minimum absolute atomic E-state index is 0.0578. The molecule has 1 atom stereocenters. The Balaban J connectivity index is 1.97. The van der Waals surface area contributed by atoms with E-state index < -0.39 is 0 Å².